The fraction of sp³-hybridized carbons (Fsp3) is 0.167. The van der Waals surface area contributed by atoms with Crippen LogP contribution < -0.4 is 10.6 Å². The van der Waals surface area contributed by atoms with Crippen LogP contribution in [0.15, 0.2) is 55.0 Å². The highest BCUT2D eigenvalue weighted by atomic mass is 19.1. The van der Waals surface area contributed by atoms with Crippen LogP contribution in [0.25, 0.3) is 0 Å². The minimum absolute atomic E-state index is 0.110. The number of aryl methyl sites for hydroxylation is 1. The summed E-state index contributed by atoms with van der Waals surface area (Å²) < 4.78 is 15.6. The highest BCUT2D eigenvalue weighted by Gasteiger charge is 2.11. The molecule has 0 radical (unpaired) electrons. The Bertz CT molecular complexity index is 875. The lowest BCUT2D eigenvalue weighted by atomic mass is 10.1. The molecule has 0 saturated carbocycles. The number of carbonyl (C=O) groups is 1. The Balaban J connectivity index is 1.65. The Morgan fingerprint density at radius 2 is 1.88 bits per heavy atom. The van der Waals surface area contributed by atoms with Crippen molar-refractivity contribution in [2.45, 2.75) is 19.9 Å². The van der Waals surface area contributed by atoms with Gasteiger partial charge < -0.3 is 9.88 Å². The van der Waals surface area contributed by atoms with Crippen LogP contribution in [-0.2, 0) is 0 Å². The summed E-state index contributed by atoms with van der Waals surface area (Å²) in [6, 6.07) is 9.73. The third-order valence-corrected chi connectivity index (χ3v) is 3.92. The molecule has 0 fully saturated rings. The molecule has 1 atom stereocenters. The molecule has 0 aliphatic heterocycles. The molecule has 6 nitrogen and oxygen atoms in total. The molecular weight excluding hydrogens is 321 g/mol. The quantitative estimate of drug-likeness (QED) is 0.755. The average molecular weight is 339 g/mol. The monoisotopic (exact) mass is 339 g/mol. The van der Waals surface area contributed by atoms with Crippen molar-refractivity contribution >= 4 is 17.5 Å². The van der Waals surface area contributed by atoms with E-state index in [1.54, 1.807) is 18.3 Å². The zero-order chi connectivity index (χ0) is 17.8. The fourth-order valence-corrected chi connectivity index (χ4v) is 2.55. The molecule has 25 heavy (non-hydrogen) atoms. The lowest BCUT2D eigenvalue weighted by molar-refractivity contribution is 0.262. The molecule has 7 heteroatoms. The highest BCUT2D eigenvalue weighted by molar-refractivity contribution is 5.99. The number of imidazole rings is 1. The number of anilines is 2. The van der Waals surface area contributed by atoms with Crippen LogP contribution in [-0.4, -0.2) is 20.6 Å². The van der Waals surface area contributed by atoms with E-state index in [1.807, 2.05) is 25.3 Å². The summed E-state index contributed by atoms with van der Waals surface area (Å²) in [5.41, 5.74) is 1.69. The van der Waals surface area contributed by atoms with Gasteiger partial charge in [0.2, 0.25) is 0 Å². The predicted octanol–water partition coefficient (Wildman–Crippen LogP) is 3.98. The maximum Gasteiger partial charge on any atom is 0.324 e. The van der Waals surface area contributed by atoms with Gasteiger partial charge in [0.25, 0.3) is 0 Å². The van der Waals surface area contributed by atoms with Crippen molar-refractivity contribution in [2.75, 3.05) is 10.6 Å². The average Bonchev–Trinajstić information content (AvgIpc) is 3.03. The number of aromatic nitrogens is 3. The second-order valence-corrected chi connectivity index (χ2v) is 5.59. The van der Waals surface area contributed by atoms with Crippen molar-refractivity contribution in [3.63, 3.8) is 0 Å². The summed E-state index contributed by atoms with van der Waals surface area (Å²) in [5, 5.41) is 5.03. The molecule has 0 unspecified atom stereocenters. The van der Waals surface area contributed by atoms with E-state index in [0.29, 0.717) is 5.69 Å². The largest absolute Gasteiger partial charge is 0.328 e. The summed E-state index contributed by atoms with van der Waals surface area (Å²) in [4.78, 5) is 19.9. The van der Waals surface area contributed by atoms with Gasteiger partial charge >= 0.3 is 6.03 Å². The minimum atomic E-state index is -0.586. The molecule has 0 aliphatic carbocycles. The number of benzene rings is 1. The Kier molecular flexibility index (Phi) is 4.74. The number of hydrogen-bond donors (Lipinski definition) is 2. The number of pyridine rings is 1. The normalized spacial score (nSPS) is 11.8. The second-order valence-electron chi connectivity index (χ2n) is 5.59. The van der Waals surface area contributed by atoms with Gasteiger partial charge in [0.05, 0.1) is 6.04 Å². The van der Waals surface area contributed by atoms with Crippen LogP contribution in [0.2, 0.25) is 0 Å². The first-order chi connectivity index (χ1) is 12.0. The summed E-state index contributed by atoms with van der Waals surface area (Å²) in [6.45, 7) is 4.03. The van der Waals surface area contributed by atoms with E-state index in [9.17, 15) is 9.18 Å². The molecule has 2 heterocycles. The summed E-state index contributed by atoms with van der Waals surface area (Å²) in [7, 11) is 0. The number of nitrogens with one attached hydrogen (secondary N) is 2. The van der Waals surface area contributed by atoms with Crippen molar-refractivity contribution in [2.24, 2.45) is 0 Å². The maximum atomic E-state index is 13.5. The minimum Gasteiger partial charge on any atom is -0.328 e. The van der Waals surface area contributed by atoms with Crippen molar-refractivity contribution in [1.82, 2.24) is 14.5 Å². The van der Waals surface area contributed by atoms with Crippen LogP contribution in [0.4, 0.5) is 20.7 Å². The molecule has 3 aromatic rings. The smallest absolute Gasteiger partial charge is 0.324 e. The molecule has 0 aliphatic rings. The van der Waals surface area contributed by atoms with Crippen LogP contribution in [0, 0.1) is 12.7 Å². The van der Waals surface area contributed by atoms with E-state index in [-0.39, 0.29) is 11.9 Å². The third-order valence-electron chi connectivity index (χ3n) is 3.92. The molecule has 2 aromatic heterocycles. The van der Waals surface area contributed by atoms with E-state index in [0.717, 1.165) is 11.4 Å². The number of carbonyl (C=O) groups excluding carboxylic acids is 1. The number of nitrogens with zero attached hydrogens (tertiary/aromatic N) is 3. The van der Waals surface area contributed by atoms with Crippen molar-refractivity contribution in [3.05, 3.63) is 72.2 Å². The van der Waals surface area contributed by atoms with E-state index >= 15 is 0 Å². The molecule has 0 spiro atoms. The summed E-state index contributed by atoms with van der Waals surface area (Å²) in [6.07, 6.45) is 5.11. The number of amides is 2. The zero-order valence-corrected chi connectivity index (χ0v) is 13.9. The maximum absolute atomic E-state index is 13.5. The first-order valence-electron chi connectivity index (χ1n) is 7.82. The molecule has 128 valence electrons. The second kappa shape index (κ2) is 7.12. The number of urea groups is 1. The molecule has 2 amide bonds. The predicted molar refractivity (Wildman–Crippen MR) is 94.1 cm³/mol. The first kappa shape index (κ1) is 16.6. The standard InChI is InChI=1S/C18H18FN5O/c1-12(24-11-10-20-13(24)2)14-5-7-15(8-6-14)22-18(25)23-17-16(19)4-3-9-21-17/h3-12H,1-2H3,(H2,21,22,23,25)/t12-/m1/s1. The lowest BCUT2D eigenvalue weighted by Gasteiger charge is -2.16. The Morgan fingerprint density at radius 3 is 2.52 bits per heavy atom. The Labute approximate surface area is 144 Å². The summed E-state index contributed by atoms with van der Waals surface area (Å²) >= 11 is 0. The van der Waals surface area contributed by atoms with Gasteiger partial charge in [0.1, 0.15) is 5.82 Å². The SMILES string of the molecule is Cc1nccn1[C@H](C)c1ccc(NC(=O)Nc2ncccc2F)cc1. The van der Waals surface area contributed by atoms with Gasteiger partial charge in [-0.15, -0.1) is 0 Å². The van der Waals surface area contributed by atoms with Gasteiger partial charge in [0.15, 0.2) is 11.6 Å². The van der Waals surface area contributed by atoms with Crippen LogP contribution in [0.3, 0.4) is 0 Å². The lowest BCUT2D eigenvalue weighted by Crippen LogP contribution is -2.20. The number of rotatable bonds is 4. The van der Waals surface area contributed by atoms with Crippen LogP contribution in [0.1, 0.15) is 24.4 Å². The fourth-order valence-electron chi connectivity index (χ4n) is 2.55. The van der Waals surface area contributed by atoms with E-state index < -0.39 is 11.8 Å². The van der Waals surface area contributed by atoms with Gasteiger partial charge in [-0.05, 0) is 43.7 Å². The number of halogens is 1. The molecule has 3 rings (SSSR count). The van der Waals surface area contributed by atoms with Crippen LogP contribution in [0.5, 0.6) is 0 Å². The van der Waals surface area contributed by atoms with E-state index in [2.05, 4.69) is 32.1 Å². The van der Waals surface area contributed by atoms with Gasteiger partial charge in [-0.3, -0.25) is 5.32 Å². The van der Waals surface area contributed by atoms with Gasteiger partial charge in [-0.1, -0.05) is 12.1 Å². The van der Waals surface area contributed by atoms with Crippen LogP contribution >= 0.6 is 0 Å². The molecule has 0 saturated heterocycles. The highest BCUT2D eigenvalue weighted by Crippen LogP contribution is 2.21. The van der Waals surface area contributed by atoms with Crippen molar-refractivity contribution < 1.29 is 9.18 Å². The molecular formula is C18H18FN5O. The Hall–Kier alpha value is -3.22. The van der Waals surface area contributed by atoms with Gasteiger partial charge in [-0.25, -0.2) is 19.2 Å². The van der Waals surface area contributed by atoms with Gasteiger partial charge in [0, 0.05) is 24.3 Å². The summed E-state index contributed by atoms with van der Waals surface area (Å²) in [5.74, 6) is 0.241. The first-order valence-corrected chi connectivity index (χ1v) is 7.82. The Morgan fingerprint density at radius 1 is 1.12 bits per heavy atom. The zero-order valence-electron chi connectivity index (χ0n) is 13.9. The van der Waals surface area contributed by atoms with Gasteiger partial charge in [-0.2, -0.15) is 0 Å². The third kappa shape index (κ3) is 3.82. The molecule has 2 N–H and O–H groups in total. The number of hydrogen-bond acceptors (Lipinski definition) is 3. The molecule has 1 aromatic carbocycles. The van der Waals surface area contributed by atoms with Crippen molar-refractivity contribution in [3.8, 4) is 0 Å². The molecule has 0 bridgehead atoms. The van der Waals surface area contributed by atoms with E-state index in [4.69, 9.17) is 0 Å². The topological polar surface area (TPSA) is 71.8 Å². The van der Waals surface area contributed by atoms with Crippen molar-refractivity contribution in [1.29, 1.82) is 0 Å². The van der Waals surface area contributed by atoms with E-state index in [1.165, 1.54) is 18.3 Å².